The van der Waals surface area contributed by atoms with Crippen molar-refractivity contribution in [1.29, 1.82) is 0 Å². The first-order valence-electron chi connectivity index (χ1n) is 6.68. The molecule has 0 aliphatic rings. The Balaban J connectivity index is 2.28. The van der Waals surface area contributed by atoms with Crippen LogP contribution in [0.5, 0.6) is 5.75 Å². The first-order valence-corrected chi connectivity index (χ1v) is 7.47. The molecule has 0 heterocycles. The quantitative estimate of drug-likeness (QED) is 0.883. The van der Waals surface area contributed by atoms with E-state index in [2.05, 4.69) is 15.9 Å². The molecule has 20 heavy (non-hydrogen) atoms. The SMILES string of the molecule is Cc1cc(C(O)c2cccc(OC(C)C)c2)ccc1Br. The number of aliphatic hydroxyl groups excluding tert-OH is 1. The minimum Gasteiger partial charge on any atom is -0.491 e. The van der Waals surface area contributed by atoms with Crippen molar-refractivity contribution in [3.05, 3.63) is 63.6 Å². The van der Waals surface area contributed by atoms with Crippen molar-refractivity contribution in [2.45, 2.75) is 33.0 Å². The maximum absolute atomic E-state index is 10.5. The third kappa shape index (κ3) is 3.62. The van der Waals surface area contributed by atoms with Crippen LogP contribution < -0.4 is 4.74 Å². The Labute approximate surface area is 128 Å². The molecule has 0 aliphatic heterocycles. The lowest BCUT2D eigenvalue weighted by molar-refractivity contribution is 0.216. The van der Waals surface area contributed by atoms with E-state index < -0.39 is 6.10 Å². The van der Waals surface area contributed by atoms with Gasteiger partial charge in [0, 0.05) is 4.47 Å². The molecule has 0 saturated carbocycles. The molecule has 0 bridgehead atoms. The molecule has 2 aromatic rings. The zero-order valence-electron chi connectivity index (χ0n) is 11.9. The van der Waals surface area contributed by atoms with E-state index in [1.165, 1.54) is 0 Å². The molecule has 0 amide bonds. The molecule has 1 atom stereocenters. The molecule has 106 valence electrons. The number of benzene rings is 2. The lowest BCUT2D eigenvalue weighted by Crippen LogP contribution is -2.06. The van der Waals surface area contributed by atoms with E-state index in [0.717, 1.165) is 26.9 Å². The number of ether oxygens (including phenoxy) is 1. The maximum atomic E-state index is 10.5. The van der Waals surface area contributed by atoms with Crippen LogP contribution in [-0.4, -0.2) is 11.2 Å². The van der Waals surface area contributed by atoms with Crippen molar-refractivity contribution in [2.75, 3.05) is 0 Å². The van der Waals surface area contributed by atoms with Gasteiger partial charge in [0.25, 0.3) is 0 Å². The highest BCUT2D eigenvalue weighted by Crippen LogP contribution is 2.28. The fourth-order valence-corrected chi connectivity index (χ4v) is 2.31. The van der Waals surface area contributed by atoms with Gasteiger partial charge < -0.3 is 9.84 Å². The van der Waals surface area contributed by atoms with Crippen molar-refractivity contribution in [3.8, 4) is 5.75 Å². The summed E-state index contributed by atoms with van der Waals surface area (Å²) in [4.78, 5) is 0. The highest BCUT2D eigenvalue weighted by atomic mass is 79.9. The Bertz CT molecular complexity index is 593. The molecule has 2 aromatic carbocycles. The van der Waals surface area contributed by atoms with E-state index in [0.29, 0.717) is 0 Å². The van der Waals surface area contributed by atoms with E-state index >= 15 is 0 Å². The molecule has 2 rings (SSSR count). The molecule has 1 N–H and O–H groups in total. The number of rotatable bonds is 4. The molecule has 0 aliphatic carbocycles. The Morgan fingerprint density at radius 3 is 2.40 bits per heavy atom. The van der Waals surface area contributed by atoms with E-state index in [9.17, 15) is 5.11 Å². The largest absolute Gasteiger partial charge is 0.491 e. The van der Waals surface area contributed by atoms with Gasteiger partial charge in [0.05, 0.1) is 6.10 Å². The third-order valence-corrected chi connectivity index (χ3v) is 3.93. The summed E-state index contributed by atoms with van der Waals surface area (Å²) in [5.74, 6) is 0.783. The molecule has 0 saturated heterocycles. The van der Waals surface area contributed by atoms with Crippen LogP contribution in [0, 0.1) is 6.92 Å². The summed E-state index contributed by atoms with van der Waals surface area (Å²) in [6.07, 6.45) is -0.519. The number of aliphatic hydroxyl groups is 1. The van der Waals surface area contributed by atoms with Crippen molar-refractivity contribution in [2.24, 2.45) is 0 Å². The molecule has 0 aromatic heterocycles. The van der Waals surface area contributed by atoms with Crippen LogP contribution in [0.15, 0.2) is 46.9 Å². The van der Waals surface area contributed by atoms with Gasteiger partial charge >= 0.3 is 0 Å². The second-order valence-corrected chi connectivity index (χ2v) is 6.00. The van der Waals surface area contributed by atoms with Gasteiger partial charge in [0.15, 0.2) is 0 Å². The summed E-state index contributed by atoms with van der Waals surface area (Å²) >= 11 is 3.47. The van der Waals surface area contributed by atoms with Crippen LogP contribution in [0.4, 0.5) is 0 Å². The van der Waals surface area contributed by atoms with Gasteiger partial charge in [0.1, 0.15) is 11.9 Å². The highest BCUT2D eigenvalue weighted by molar-refractivity contribution is 9.10. The molecule has 3 heteroatoms. The predicted octanol–water partition coefficient (Wildman–Crippen LogP) is 4.63. The molecular formula is C17H19BrO2. The summed E-state index contributed by atoms with van der Waals surface area (Å²) in [6.45, 7) is 5.99. The second-order valence-electron chi connectivity index (χ2n) is 5.15. The van der Waals surface area contributed by atoms with E-state index in [1.807, 2.05) is 63.2 Å². The summed E-state index contributed by atoms with van der Waals surface area (Å²) in [7, 11) is 0. The fourth-order valence-electron chi connectivity index (χ4n) is 2.06. The first kappa shape index (κ1) is 15.1. The van der Waals surface area contributed by atoms with Gasteiger partial charge in [-0.25, -0.2) is 0 Å². The second kappa shape index (κ2) is 6.42. The van der Waals surface area contributed by atoms with Gasteiger partial charge in [-0.05, 0) is 55.7 Å². The minimum absolute atomic E-state index is 0.123. The zero-order valence-corrected chi connectivity index (χ0v) is 13.5. The van der Waals surface area contributed by atoms with Gasteiger partial charge in [-0.1, -0.05) is 40.2 Å². The molecular weight excluding hydrogens is 316 g/mol. The lowest BCUT2D eigenvalue weighted by Gasteiger charge is -2.15. The van der Waals surface area contributed by atoms with Gasteiger partial charge in [0.2, 0.25) is 0 Å². The van der Waals surface area contributed by atoms with Crippen molar-refractivity contribution >= 4 is 15.9 Å². The van der Waals surface area contributed by atoms with Crippen molar-refractivity contribution in [1.82, 2.24) is 0 Å². The van der Waals surface area contributed by atoms with E-state index in [4.69, 9.17) is 4.74 Å². The fraction of sp³-hybridized carbons (Fsp3) is 0.294. The summed E-state index contributed by atoms with van der Waals surface area (Å²) in [6, 6.07) is 13.5. The molecule has 0 fully saturated rings. The Morgan fingerprint density at radius 2 is 1.75 bits per heavy atom. The van der Waals surface area contributed by atoms with Crippen LogP contribution in [0.1, 0.15) is 36.6 Å². The summed E-state index contributed by atoms with van der Waals surface area (Å²) < 4.78 is 6.71. The molecule has 2 nitrogen and oxygen atoms in total. The number of halogens is 1. The Kier molecular flexibility index (Phi) is 4.84. The average Bonchev–Trinajstić information content (AvgIpc) is 2.40. The van der Waals surface area contributed by atoms with Gasteiger partial charge in [-0.2, -0.15) is 0 Å². The van der Waals surface area contributed by atoms with Crippen LogP contribution in [-0.2, 0) is 0 Å². The monoisotopic (exact) mass is 334 g/mol. The summed E-state index contributed by atoms with van der Waals surface area (Å²) in [5.41, 5.74) is 2.83. The first-order chi connectivity index (χ1) is 9.47. The lowest BCUT2D eigenvalue weighted by atomic mass is 10.00. The zero-order chi connectivity index (χ0) is 14.7. The van der Waals surface area contributed by atoms with Gasteiger partial charge in [-0.15, -0.1) is 0 Å². The van der Waals surface area contributed by atoms with Gasteiger partial charge in [-0.3, -0.25) is 0 Å². The number of aryl methyl sites for hydroxylation is 1. The van der Waals surface area contributed by atoms with E-state index in [-0.39, 0.29) is 6.10 Å². The van der Waals surface area contributed by atoms with Crippen molar-refractivity contribution in [3.63, 3.8) is 0 Å². The Morgan fingerprint density at radius 1 is 1.05 bits per heavy atom. The normalized spacial score (nSPS) is 12.5. The average molecular weight is 335 g/mol. The molecule has 0 spiro atoms. The van der Waals surface area contributed by atoms with Crippen LogP contribution in [0.3, 0.4) is 0 Å². The smallest absolute Gasteiger partial charge is 0.120 e. The topological polar surface area (TPSA) is 29.5 Å². The number of hydrogen-bond acceptors (Lipinski definition) is 2. The molecule has 0 radical (unpaired) electrons. The van der Waals surface area contributed by atoms with Crippen molar-refractivity contribution < 1.29 is 9.84 Å². The van der Waals surface area contributed by atoms with E-state index in [1.54, 1.807) is 0 Å². The molecule has 1 unspecified atom stereocenters. The minimum atomic E-state index is -0.641. The highest BCUT2D eigenvalue weighted by Gasteiger charge is 2.12. The maximum Gasteiger partial charge on any atom is 0.120 e. The van der Waals surface area contributed by atoms with Crippen LogP contribution >= 0.6 is 15.9 Å². The standard InChI is InChI=1S/C17H19BrO2/c1-11(2)20-15-6-4-5-13(10-15)17(19)14-7-8-16(18)12(3)9-14/h4-11,17,19H,1-3H3. The third-order valence-electron chi connectivity index (χ3n) is 3.04. The van der Waals surface area contributed by atoms with Crippen LogP contribution in [0.2, 0.25) is 0 Å². The predicted molar refractivity (Wildman–Crippen MR) is 85.1 cm³/mol. The Hall–Kier alpha value is -1.32. The van der Waals surface area contributed by atoms with Crippen LogP contribution in [0.25, 0.3) is 0 Å². The number of hydrogen-bond donors (Lipinski definition) is 1. The summed E-state index contributed by atoms with van der Waals surface area (Å²) in [5, 5.41) is 10.5.